The Bertz CT molecular complexity index is 793. The molecule has 0 saturated heterocycles. The SMILES string of the molecule is CCCCN(CC)C(=O)c1cn(C(C)C)c2cccc(N)c2c1=O. The van der Waals surface area contributed by atoms with Crippen LogP contribution in [0.3, 0.4) is 0 Å². The highest BCUT2D eigenvalue weighted by atomic mass is 16.2. The first-order valence-electron chi connectivity index (χ1n) is 8.64. The van der Waals surface area contributed by atoms with Gasteiger partial charge in [0.2, 0.25) is 5.43 Å². The van der Waals surface area contributed by atoms with Crippen molar-refractivity contribution in [2.45, 2.75) is 46.6 Å². The van der Waals surface area contributed by atoms with E-state index in [0.29, 0.717) is 24.2 Å². The molecule has 1 heterocycles. The van der Waals surface area contributed by atoms with Crippen molar-refractivity contribution in [2.24, 2.45) is 0 Å². The number of fused-ring (bicyclic) bond motifs is 1. The number of carbonyl (C=O) groups is 1. The number of nitrogens with zero attached hydrogens (tertiary/aromatic N) is 2. The van der Waals surface area contributed by atoms with E-state index >= 15 is 0 Å². The molecule has 1 amide bonds. The molecule has 0 aliphatic rings. The molecule has 1 aromatic carbocycles. The average Bonchev–Trinajstić information content (AvgIpc) is 2.55. The van der Waals surface area contributed by atoms with Gasteiger partial charge in [-0.2, -0.15) is 0 Å². The zero-order valence-electron chi connectivity index (χ0n) is 15.0. The number of aromatic nitrogens is 1. The number of benzene rings is 1. The zero-order valence-corrected chi connectivity index (χ0v) is 15.0. The van der Waals surface area contributed by atoms with Gasteiger partial charge in [0, 0.05) is 31.0 Å². The Labute approximate surface area is 143 Å². The van der Waals surface area contributed by atoms with Gasteiger partial charge in [-0.1, -0.05) is 19.4 Å². The maximum absolute atomic E-state index is 12.9. The molecule has 2 rings (SSSR count). The molecule has 5 heteroatoms. The van der Waals surface area contributed by atoms with Gasteiger partial charge in [-0.05, 0) is 39.3 Å². The van der Waals surface area contributed by atoms with Gasteiger partial charge >= 0.3 is 0 Å². The molecule has 24 heavy (non-hydrogen) atoms. The van der Waals surface area contributed by atoms with Gasteiger partial charge in [0.15, 0.2) is 0 Å². The molecule has 0 bridgehead atoms. The Kier molecular flexibility index (Phi) is 5.65. The van der Waals surface area contributed by atoms with Crippen LogP contribution in [0.4, 0.5) is 5.69 Å². The lowest BCUT2D eigenvalue weighted by atomic mass is 10.1. The highest BCUT2D eigenvalue weighted by Gasteiger charge is 2.21. The topological polar surface area (TPSA) is 68.3 Å². The van der Waals surface area contributed by atoms with Crippen LogP contribution in [-0.4, -0.2) is 28.5 Å². The number of amides is 1. The van der Waals surface area contributed by atoms with E-state index in [1.54, 1.807) is 17.2 Å². The molecule has 0 fully saturated rings. The maximum Gasteiger partial charge on any atom is 0.259 e. The molecule has 5 nitrogen and oxygen atoms in total. The Morgan fingerprint density at radius 2 is 2.00 bits per heavy atom. The molecule has 0 atom stereocenters. The Balaban J connectivity index is 2.66. The smallest absolute Gasteiger partial charge is 0.259 e. The highest BCUT2D eigenvalue weighted by Crippen LogP contribution is 2.22. The average molecular weight is 329 g/mol. The fourth-order valence-corrected chi connectivity index (χ4v) is 2.92. The number of nitrogens with two attached hydrogens (primary N) is 1. The van der Waals surface area contributed by atoms with Crippen LogP contribution in [0.15, 0.2) is 29.2 Å². The zero-order chi connectivity index (χ0) is 17.9. The van der Waals surface area contributed by atoms with E-state index in [1.165, 1.54) is 0 Å². The maximum atomic E-state index is 12.9. The summed E-state index contributed by atoms with van der Waals surface area (Å²) in [4.78, 5) is 27.6. The van der Waals surface area contributed by atoms with E-state index in [1.807, 2.05) is 37.5 Å². The first kappa shape index (κ1) is 18.0. The second-order valence-electron chi connectivity index (χ2n) is 6.35. The minimum atomic E-state index is -0.278. The van der Waals surface area contributed by atoms with Gasteiger partial charge in [-0.25, -0.2) is 0 Å². The van der Waals surface area contributed by atoms with Gasteiger partial charge in [-0.3, -0.25) is 9.59 Å². The fourth-order valence-electron chi connectivity index (χ4n) is 2.92. The molecule has 0 unspecified atom stereocenters. The van der Waals surface area contributed by atoms with Crippen LogP contribution in [-0.2, 0) is 0 Å². The van der Waals surface area contributed by atoms with Crippen molar-refractivity contribution in [3.8, 4) is 0 Å². The quantitative estimate of drug-likeness (QED) is 0.826. The predicted octanol–water partition coefficient (Wildman–Crippen LogP) is 3.43. The second-order valence-corrected chi connectivity index (χ2v) is 6.35. The fraction of sp³-hybridized carbons (Fsp3) is 0.474. The summed E-state index contributed by atoms with van der Waals surface area (Å²) in [6.07, 6.45) is 3.62. The monoisotopic (exact) mass is 329 g/mol. The lowest BCUT2D eigenvalue weighted by Gasteiger charge is -2.22. The Morgan fingerprint density at radius 1 is 1.29 bits per heavy atom. The van der Waals surface area contributed by atoms with E-state index in [2.05, 4.69) is 6.92 Å². The van der Waals surface area contributed by atoms with Crippen molar-refractivity contribution in [2.75, 3.05) is 18.8 Å². The van der Waals surface area contributed by atoms with Crippen molar-refractivity contribution in [3.05, 3.63) is 40.2 Å². The molecule has 0 saturated carbocycles. The molecule has 1 aromatic heterocycles. The van der Waals surface area contributed by atoms with E-state index < -0.39 is 0 Å². The third kappa shape index (κ3) is 3.30. The first-order chi connectivity index (χ1) is 11.4. The van der Waals surface area contributed by atoms with E-state index in [-0.39, 0.29) is 22.9 Å². The van der Waals surface area contributed by atoms with E-state index in [9.17, 15) is 9.59 Å². The number of rotatable bonds is 6. The number of hydrogen-bond donors (Lipinski definition) is 1. The van der Waals surface area contributed by atoms with Crippen LogP contribution in [0.25, 0.3) is 10.9 Å². The lowest BCUT2D eigenvalue weighted by Crippen LogP contribution is -2.35. The van der Waals surface area contributed by atoms with Crippen molar-refractivity contribution in [1.82, 2.24) is 9.47 Å². The van der Waals surface area contributed by atoms with Crippen molar-refractivity contribution in [3.63, 3.8) is 0 Å². The highest BCUT2D eigenvalue weighted by molar-refractivity contribution is 6.00. The van der Waals surface area contributed by atoms with Crippen LogP contribution in [0.2, 0.25) is 0 Å². The minimum absolute atomic E-state index is 0.118. The Hall–Kier alpha value is -2.30. The third-order valence-electron chi connectivity index (χ3n) is 4.33. The number of pyridine rings is 1. The largest absolute Gasteiger partial charge is 0.398 e. The molecular formula is C19H27N3O2. The number of hydrogen-bond acceptors (Lipinski definition) is 3. The summed E-state index contributed by atoms with van der Waals surface area (Å²) >= 11 is 0. The summed E-state index contributed by atoms with van der Waals surface area (Å²) < 4.78 is 1.95. The van der Waals surface area contributed by atoms with Crippen LogP contribution < -0.4 is 11.2 Å². The molecule has 0 radical (unpaired) electrons. The molecular weight excluding hydrogens is 302 g/mol. The summed E-state index contributed by atoms with van der Waals surface area (Å²) in [6.45, 7) is 9.31. The minimum Gasteiger partial charge on any atom is -0.398 e. The summed E-state index contributed by atoms with van der Waals surface area (Å²) in [5, 5.41) is 0.434. The van der Waals surface area contributed by atoms with Crippen LogP contribution in [0.1, 0.15) is 56.9 Å². The van der Waals surface area contributed by atoms with Gasteiger partial charge in [0.1, 0.15) is 5.56 Å². The summed E-state index contributed by atoms with van der Waals surface area (Å²) in [5.41, 5.74) is 7.15. The van der Waals surface area contributed by atoms with Gasteiger partial charge in [-0.15, -0.1) is 0 Å². The summed E-state index contributed by atoms with van der Waals surface area (Å²) in [7, 11) is 0. The van der Waals surface area contributed by atoms with Crippen LogP contribution in [0.5, 0.6) is 0 Å². The van der Waals surface area contributed by atoms with Crippen molar-refractivity contribution in [1.29, 1.82) is 0 Å². The van der Waals surface area contributed by atoms with Crippen molar-refractivity contribution < 1.29 is 4.79 Å². The molecule has 0 aliphatic heterocycles. The first-order valence-corrected chi connectivity index (χ1v) is 8.64. The molecule has 130 valence electrons. The molecule has 2 N–H and O–H groups in total. The second kappa shape index (κ2) is 7.51. The molecule has 0 spiro atoms. The normalized spacial score (nSPS) is 11.2. The van der Waals surface area contributed by atoms with Crippen molar-refractivity contribution >= 4 is 22.5 Å². The third-order valence-corrected chi connectivity index (χ3v) is 4.33. The van der Waals surface area contributed by atoms with E-state index in [0.717, 1.165) is 18.4 Å². The summed E-state index contributed by atoms with van der Waals surface area (Å²) in [6, 6.07) is 5.52. The number of nitrogen functional groups attached to an aromatic ring is 1. The number of carbonyl (C=O) groups excluding carboxylic acids is 1. The molecule has 2 aromatic rings. The van der Waals surface area contributed by atoms with Gasteiger partial charge in [0.05, 0.1) is 10.9 Å². The summed E-state index contributed by atoms with van der Waals surface area (Å²) in [5.74, 6) is -0.212. The molecule has 0 aliphatic carbocycles. The number of unbranched alkanes of at least 4 members (excludes halogenated alkanes) is 1. The van der Waals surface area contributed by atoms with Crippen LogP contribution >= 0.6 is 0 Å². The van der Waals surface area contributed by atoms with Gasteiger partial charge < -0.3 is 15.2 Å². The lowest BCUT2D eigenvalue weighted by molar-refractivity contribution is 0.0760. The number of anilines is 1. The van der Waals surface area contributed by atoms with Crippen LogP contribution in [0, 0.1) is 0 Å². The Morgan fingerprint density at radius 3 is 2.58 bits per heavy atom. The predicted molar refractivity (Wildman–Crippen MR) is 99.5 cm³/mol. The van der Waals surface area contributed by atoms with E-state index in [4.69, 9.17) is 5.73 Å². The standard InChI is InChI=1S/C19H27N3O2/c1-5-7-11-21(6-2)19(24)14-12-22(13(3)4)16-10-8-9-15(20)17(16)18(14)23/h8-10,12-13H,5-7,11,20H2,1-4H3. The van der Waals surface area contributed by atoms with Gasteiger partial charge in [0.25, 0.3) is 5.91 Å².